The summed E-state index contributed by atoms with van der Waals surface area (Å²) in [5, 5.41) is 0. The van der Waals surface area contributed by atoms with E-state index < -0.39 is 29.3 Å². The number of carbonyl (C=O) groups is 2. The zero-order valence-electron chi connectivity index (χ0n) is 16.8. The van der Waals surface area contributed by atoms with Crippen LogP contribution >= 0.6 is 0 Å². The number of ether oxygens (including phenoxy) is 2. The van der Waals surface area contributed by atoms with Gasteiger partial charge in [0, 0.05) is 12.1 Å². The Hall–Kier alpha value is -2.37. The fourth-order valence-corrected chi connectivity index (χ4v) is 2.77. The highest BCUT2D eigenvalue weighted by Gasteiger charge is 2.37. The number of hydrogen-bond donors (Lipinski definition) is 0. The molecular formula is C21H28FNO4. The van der Waals surface area contributed by atoms with Crippen LogP contribution in [0.1, 0.15) is 53.5 Å². The van der Waals surface area contributed by atoms with Gasteiger partial charge in [0.05, 0.1) is 0 Å². The quantitative estimate of drug-likeness (QED) is 0.709. The smallest absolute Gasteiger partial charge is 0.411 e. The van der Waals surface area contributed by atoms with Gasteiger partial charge in [-0.2, -0.15) is 0 Å². The molecule has 0 bridgehead atoms. The van der Waals surface area contributed by atoms with Crippen LogP contribution in [0.2, 0.25) is 0 Å². The third-order valence-corrected chi connectivity index (χ3v) is 3.81. The van der Waals surface area contributed by atoms with E-state index in [4.69, 9.17) is 9.47 Å². The molecule has 27 heavy (non-hydrogen) atoms. The predicted molar refractivity (Wildman–Crippen MR) is 102 cm³/mol. The van der Waals surface area contributed by atoms with Crippen LogP contribution in [0, 0.1) is 5.82 Å². The molecule has 0 saturated carbocycles. The normalized spacial score (nSPS) is 18.0. The number of esters is 1. The molecule has 148 valence electrons. The Labute approximate surface area is 160 Å². The molecule has 1 aliphatic heterocycles. The van der Waals surface area contributed by atoms with Gasteiger partial charge in [0.2, 0.25) is 0 Å². The minimum atomic E-state index is -0.970. The molecule has 0 aromatic heterocycles. The highest BCUT2D eigenvalue weighted by atomic mass is 19.1. The van der Waals surface area contributed by atoms with Crippen molar-refractivity contribution in [2.45, 2.75) is 65.2 Å². The molecule has 0 N–H and O–H groups in total. The van der Waals surface area contributed by atoms with Gasteiger partial charge in [-0.1, -0.05) is 18.2 Å². The zero-order chi connectivity index (χ0) is 20.4. The molecule has 5 nitrogen and oxygen atoms in total. The Kier molecular flexibility index (Phi) is 5.97. The molecular weight excluding hydrogens is 349 g/mol. The Morgan fingerprint density at radius 2 is 1.63 bits per heavy atom. The molecule has 0 aliphatic carbocycles. The van der Waals surface area contributed by atoms with Crippen molar-refractivity contribution in [2.75, 3.05) is 6.54 Å². The SMILES string of the molecule is CC(C)(C)OC(=O)[C@H]1C=C(c2ccccc2F)CCN1C(=O)OC(C)(C)C. The number of amides is 1. The molecule has 0 saturated heterocycles. The van der Waals surface area contributed by atoms with E-state index in [-0.39, 0.29) is 12.4 Å². The Morgan fingerprint density at radius 1 is 1.04 bits per heavy atom. The molecule has 1 heterocycles. The standard InChI is InChI=1S/C21H28FNO4/c1-20(2,3)26-18(24)17-13-14(15-9-7-8-10-16(15)22)11-12-23(17)19(25)27-21(4,5)6/h7-10,13,17H,11-12H2,1-6H3/t17-/m1/s1. The first kappa shape index (κ1) is 20.9. The first-order valence-electron chi connectivity index (χ1n) is 9.05. The highest BCUT2D eigenvalue weighted by Crippen LogP contribution is 2.29. The lowest BCUT2D eigenvalue weighted by Gasteiger charge is -2.35. The van der Waals surface area contributed by atoms with Gasteiger partial charge in [-0.05, 0) is 65.7 Å². The second-order valence-electron chi connectivity index (χ2n) is 8.57. The minimum Gasteiger partial charge on any atom is -0.458 e. The predicted octanol–water partition coefficient (Wildman–Crippen LogP) is 4.56. The number of nitrogens with zero attached hydrogens (tertiary/aromatic N) is 1. The van der Waals surface area contributed by atoms with E-state index in [1.165, 1.54) is 11.0 Å². The van der Waals surface area contributed by atoms with Crippen LogP contribution in [0.15, 0.2) is 30.3 Å². The van der Waals surface area contributed by atoms with Crippen molar-refractivity contribution in [1.82, 2.24) is 4.90 Å². The largest absolute Gasteiger partial charge is 0.458 e. The van der Waals surface area contributed by atoms with Crippen LogP contribution < -0.4 is 0 Å². The second kappa shape index (κ2) is 7.71. The third-order valence-electron chi connectivity index (χ3n) is 3.81. The fourth-order valence-electron chi connectivity index (χ4n) is 2.77. The van der Waals surface area contributed by atoms with E-state index >= 15 is 0 Å². The molecule has 0 unspecified atom stereocenters. The van der Waals surface area contributed by atoms with Crippen LogP contribution in [0.25, 0.3) is 5.57 Å². The van der Waals surface area contributed by atoms with Crippen molar-refractivity contribution in [2.24, 2.45) is 0 Å². The van der Waals surface area contributed by atoms with Gasteiger partial charge >= 0.3 is 12.1 Å². The third kappa shape index (κ3) is 5.81. The molecule has 2 rings (SSSR count). The van der Waals surface area contributed by atoms with Crippen molar-refractivity contribution in [3.05, 3.63) is 41.7 Å². The van der Waals surface area contributed by atoms with Gasteiger partial charge < -0.3 is 9.47 Å². The van der Waals surface area contributed by atoms with E-state index in [1.54, 1.807) is 65.8 Å². The summed E-state index contributed by atoms with van der Waals surface area (Å²) in [6.07, 6.45) is 1.42. The zero-order valence-corrected chi connectivity index (χ0v) is 16.8. The molecule has 1 aromatic rings. The van der Waals surface area contributed by atoms with Gasteiger partial charge in [0.1, 0.15) is 17.0 Å². The number of benzene rings is 1. The summed E-state index contributed by atoms with van der Waals surface area (Å²) in [5.41, 5.74) is -0.302. The van der Waals surface area contributed by atoms with Crippen molar-refractivity contribution in [3.63, 3.8) is 0 Å². The molecule has 1 amide bonds. The summed E-state index contributed by atoms with van der Waals surface area (Å²) in [4.78, 5) is 26.7. The molecule has 0 spiro atoms. The number of halogens is 1. The summed E-state index contributed by atoms with van der Waals surface area (Å²) in [6, 6.07) is 5.42. The maximum absolute atomic E-state index is 14.2. The Balaban J connectivity index is 2.38. The van der Waals surface area contributed by atoms with Crippen molar-refractivity contribution in [1.29, 1.82) is 0 Å². The molecule has 1 aliphatic rings. The monoisotopic (exact) mass is 377 g/mol. The van der Waals surface area contributed by atoms with Crippen molar-refractivity contribution in [3.8, 4) is 0 Å². The van der Waals surface area contributed by atoms with Gasteiger partial charge in [0.25, 0.3) is 0 Å². The number of carbonyl (C=O) groups excluding carboxylic acids is 2. The van der Waals surface area contributed by atoms with Crippen LogP contribution in [0.5, 0.6) is 0 Å². The maximum Gasteiger partial charge on any atom is 0.411 e. The number of rotatable bonds is 2. The average Bonchev–Trinajstić information content (AvgIpc) is 2.51. The van der Waals surface area contributed by atoms with Gasteiger partial charge in [0.15, 0.2) is 6.04 Å². The Bertz CT molecular complexity index is 743. The van der Waals surface area contributed by atoms with E-state index in [9.17, 15) is 14.0 Å². The molecule has 1 atom stereocenters. The van der Waals surface area contributed by atoms with Crippen LogP contribution in [-0.4, -0.2) is 40.8 Å². The molecule has 0 fully saturated rings. The lowest BCUT2D eigenvalue weighted by Crippen LogP contribution is -2.50. The van der Waals surface area contributed by atoms with Gasteiger partial charge in [-0.3, -0.25) is 4.90 Å². The maximum atomic E-state index is 14.2. The van der Waals surface area contributed by atoms with Gasteiger partial charge in [-0.25, -0.2) is 14.0 Å². The van der Waals surface area contributed by atoms with E-state index in [1.807, 2.05) is 0 Å². The second-order valence-corrected chi connectivity index (χ2v) is 8.57. The van der Waals surface area contributed by atoms with Crippen LogP contribution in [-0.2, 0) is 14.3 Å². The molecule has 0 radical (unpaired) electrons. The molecule has 1 aromatic carbocycles. The van der Waals surface area contributed by atoms with Crippen molar-refractivity contribution < 1.29 is 23.5 Å². The highest BCUT2D eigenvalue weighted by molar-refractivity contribution is 5.87. The van der Waals surface area contributed by atoms with E-state index in [2.05, 4.69) is 0 Å². The summed E-state index contributed by atoms with van der Waals surface area (Å²) in [5.74, 6) is -0.931. The summed E-state index contributed by atoms with van der Waals surface area (Å²) in [7, 11) is 0. The van der Waals surface area contributed by atoms with Crippen LogP contribution in [0.3, 0.4) is 0 Å². The minimum absolute atomic E-state index is 0.235. The molecule has 6 heteroatoms. The fraction of sp³-hybridized carbons (Fsp3) is 0.524. The van der Waals surface area contributed by atoms with Crippen LogP contribution in [0.4, 0.5) is 9.18 Å². The first-order valence-corrected chi connectivity index (χ1v) is 9.05. The van der Waals surface area contributed by atoms with Gasteiger partial charge in [-0.15, -0.1) is 0 Å². The lowest BCUT2D eigenvalue weighted by molar-refractivity contribution is -0.159. The summed E-state index contributed by atoms with van der Waals surface area (Å²) >= 11 is 0. The summed E-state index contributed by atoms with van der Waals surface area (Å²) in [6.45, 7) is 10.8. The number of hydrogen-bond acceptors (Lipinski definition) is 4. The van der Waals surface area contributed by atoms with Crippen molar-refractivity contribution >= 4 is 17.6 Å². The average molecular weight is 377 g/mol. The summed E-state index contributed by atoms with van der Waals surface area (Å²) < 4.78 is 25.1. The van der Waals surface area contributed by atoms with E-state index in [0.717, 1.165) is 0 Å². The lowest BCUT2D eigenvalue weighted by atomic mass is 9.95. The first-order chi connectivity index (χ1) is 12.4. The Morgan fingerprint density at radius 3 is 2.19 bits per heavy atom. The van der Waals surface area contributed by atoms with E-state index in [0.29, 0.717) is 17.6 Å². The topological polar surface area (TPSA) is 55.8 Å².